The lowest BCUT2D eigenvalue weighted by molar-refractivity contribution is -0.0144. The minimum Gasteiger partial charge on any atom is -0.375 e. The number of rotatable bonds is 0. The van der Waals surface area contributed by atoms with E-state index >= 15 is 0 Å². The highest BCUT2D eigenvalue weighted by atomic mass is 16.5. The van der Waals surface area contributed by atoms with Crippen molar-refractivity contribution in [3.05, 3.63) is 0 Å². The highest BCUT2D eigenvalue weighted by Crippen LogP contribution is 2.34. The number of fused-ring (bicyclic) bond motifs is 1. The standard InChI is InChI=1S/C9H17NO/c1-6-5-7(2)9-8(6)10-3-4-11-9/h6-10H,3-5H2,1-2H3. The van der Waals surface area contributed by atoms with Crippen molar-refractivity contribution in [1.29, 1.82) is 0 Å². The molecule has 1 heterocycles. The van der Waals surface area contributed by atoms with Gasteiger partial charge in [0.2, 0.25) is 0 Å². The van der Waals surface area contributed by atoms with E-state index in [4.69, 9.17) is 4.74 Å². The third-order valence-corrected chi connectivity index (χ3v) is 3.06. The van der Waals surface area contributed by atoms with E-state index in [1.807, 2.05) is 0 Å². The Morgan fingerprint density at radius 2 is 2.09 bits per heavy atom. The normalized spacial score (nSPS) is 50.7. The van der Waals surface area contributed by atoms with Gasteiger partial charge < -0.3 is 10.1 Å². The molecule has 0 radical (unpaired) electrons. The van der Waals surface area contributed by atoms with Crippen molar-refractivity contribution < 1.29 is 4.74 Å². The lowest BCUT2D eigenvalue weighted by Gasteiger charge is -2.31. The van der Waals surface area contributed by atoms with Gasteiger partial charge in [-0.2, -0.15) is 0 Å². The van der Waals surface area contributed by atoms with Crippen LogP contribution in [-0.4, -0.2) is 25.3 Å². The van der Waals surface area contributed by atoms with Crippen LogP contribution in [0.15, 0.2) is 0 Å². The largest absolute Gasteiger partial charge is 0.375 e. The van der Waals surface area contributed by atoms with Gasteiger partial charge in [-0.15, -0.1) is 0 Å². The molecule has 64 valence electrons. The molecule has 0 aromatic heterocycles. The van der Waals surface area contributed by atoms with E-state index in [-0.39, 0.29) is 0 Å². The van der Waals surface area contributed by atoms with Crippen LogP contribution in [0.3, 0.4) is 0 Å². The number of nitrogens with one attached hydrogen (secondary N) is 1. The van der Waals surface area contributed by atoms with E-state index in [0.29, 0.717) is 12.1 Å². The van der Waals surface area contributed by atoms with E-state index in [0.717, 1.165) is 25.0 Å². The highest BCUT2D eigenvalue weighted by molar-refractivity contribution is 4.95. The number of morpholine rings is 1. The van der Waals surface area contributed by atoms with E-state index in [9.17, 15) is 0 Å². The molecule has 1 aliphatic heterocycles. The van der Waals surface area contributed by atoms with Crippen molar-refractivity contribution in [3.63, 3.8) is 0 Å². The van der Waals surface area contributed by atoms with Crippen LogP contribution >= 0.6 is 0 Å². The Kier molecular flexibility index (Phi) is 1.90. The van der Waals surface area contributed by atoms with Crippen LogP contribution < -0.4 is 5.32 Å². The zero-order chi connectivity index (χ0) is 7.84. The molecule has 1 N–H and O–H groups in total. The average Bonchev–Trinajstić information content (AvgIpc) is 2.30. The number of ether oxygens (including phenoxy) is 1. The first kappa shape index (κ1) is 7.56. The minimum absolute atomic E-state index is 0.499. The molecule has 2 nitrogen and oxygen atoms in total. The summed E-state index contributed by atoms with van der Waals surface area (Å²) < 4.78 is 5.72. The summed E-state index contributed by atoms with van der Waals surface area (Å²) >= 11 is 0. The van der Waals surface area contributed by atoms with E-state index < -0.39 is 0 Å². The molecule has 0 amide bonds. The summed E-state index contributed by atoms with van der Waals surface area (Å²) in [7, 11) is 0. The SMILES string of the molecule is CC1CC(C)C2OCCNC12. The Labute approximate surface area is 68.3 Å². The van der Waals surface area contributed by atoms with E-state index in [2.05, 4.69) is 19.2 Å². The van der Waals surface area contributed by atoms with Gasteiger partial charge in [0.1, 0.15) is 0 Å². The van der Waals surface area contributed by atoms with Crippen molar-refractivity contribution in [2.24, 2.45) is 11.8 Å². The Morgan fingerprint density at radius 1 is 1.27 bits per heavy atom. The van der Waals surface area contributed by atoms with Gasteiger partial charge in [-0.25, -0.2) is 0 Å². The summed E-state index contributed by atoms with van der Waals surface area (Å²) in [5.74, 6) is 1.55. The van der Waals surface area contributed by atoms with Gasteiger partial charge in [-0.3, -0.25) is 0 Å². The second-order valence-electron chi connectivity index (χ2n) is 4.01. The summed E-state index contributed by atoms with van der Waals surface area (Å²) in [6, 6.07) is 0.638. The topological polar surface area (TPSA) is 21.3 Å². The lowest BCUT2D eigenvalue weighted by Crippen LogP contribution is -2.48. The Hall–Kier alpha value is -0.0800. The van der Waals surface area contributed by atoms with Crippen molar-refractivity contribution in [2.75, 3.05) is 13.2 Å². The van der Waals surface area contributed by atoms with Gasteiger partial charge in [-0.1, -0.05) is 13.8 Å². The third kappa shape index (κ3) is 1.18. The van der Waals surface area contributed by atoms with Crippen LogP contribution in [0, 0.1) is 11.8 Å². The maximum Gasteiger partial charge on any atom is 0.0756 e. The first-order valence-corrected chi connectivity index (χ1v) is 4.64. The van der Waals surface area contributed by atoms with Crippen LogP contribution in [0.2, 0.25) is 0 Å². The third-order valence-electron chi connectivity index (χ3n) is 3.06. The monoisotopic (exact) mass is 155 g/mol. The van der Waals surface area contributed by atoms with Crippen molar-refractivity contribution in [2.45, 2.75) is 32.4 Å². The quantitative estimate of drug-likeness (QED) is 0.564. The summed E-state index contributed by atoms with van der Waals surface area (Å²) in [4.78, 5) is 0. The molecule has 4 unspecified atom stereocenters. The van der Waals surface area contributed by atoms with E-state index in [1.54, 1.807) is 0 Å². The smallest absolute Gasteiger partial charge is 0.0756 e. The molecule has 0 bridgehead atoms. The van der Waals surface area contributed by atoms with Gasteiger partial charge in [0.05, 0.1) is 12.7 Å². The molecule has 0 aromatic rings. The van der Waals surface area contributed by atoms with Gasteiger partial charge >= 0.3 is 0 Å². The average molecular weight is 155 g/mol. The van der Waals surface area contributed by atoms with Crippen molar-refractivity contribution >= 4 is 0 Å². The molecule has 1 saturated heterocycles. The zero-order valence-corrected chi connectivity index (χ0v) is 7.34. The van der Waals surface area contributed by atoms with Gasteiger partial charge in [0.15, 0.2) is 0 Å². The second-order valence-corrected chi connectivity index (χ2v) is 4.01. The fraction of sp³-hybridized carbons (Fsp3) is 1.00. The van der Waals surface area contributed by atoms with E-state index in [1.165, 1.54) is 6.42 Å². The summed E-state index contributed by atoms with van der Waals surface area (Å²) in [6.07, 6.45) is 1.82. The molecule has 1 saturated carbocycles. The maximum absolute atomic E-state index is 5.72. The van der Waals surface area contributed by atoms with Crippen LogP contribution in [-0.2, 0) is 4.74 Å². The number of hydrogen-bond donors (Lipinski definition) is 1. The van der Waals surface area contributed by atoms with Crippen LogP contribution in [0.25, 0.3) is 0 Å². The Morgan fingerprint density at radius 3 is 2.82 bits per heavy atom. The van der Waals surface area contributed by atoms with Crippen LogP contribution in [0.1, 0.15) is 20.3 Å². The molecule has 2 heteroatoms. The maximum atomic E-state index is 5.72. The fourth-order valence-electron chi connectivity index (χ4n) is 2.55. The highest BCUT2D eigenvalue weighted by Gasteiger charge is 2.40. The molecule has 2 rings (SSSR count). The molecular formula is C9H17NO. The predicted molar refractivity (Wildman–Crippen MR) is 44.5 cm³/mol. The first-order valence-electron chi connectivity index (χ1n) is 4.64. The summed E-state index contributed by atoms with van der Waals surface area (Å²) in [5.41, 5.74) is 0. The van der Waals surface area contributed by atoms with Gasteiger partial charge in [0, 0.05) is 12.6 Å². The summed E-state index contributed by atoms with van der Waals surface area (Å²) in [5, 5.41) is 3.54. The fourth-order valence-corrected chi connectivity index (χ4v) is 2.55. The lowest BCUT2D eigenvalue weighted by atomic mass is 10.0. The van der Waals surface area contributed by atoms with Crippen molar-refractivity contribution in [1.82, 2.24) is 5.32 Å². The predicted octanol–water partition coefficient (Wildman–Crippen LogP) is 1.02. The molecule has 1 aliphatic carbocycles. The van der Waals surface area contributed by atoms with Gasteiger partial charge in [0.25, 0.3) is 0 Å². The molecular weight excluding hydrogens is 138 g/mol. The van der Waals surface area contributed by atoms with Gasteiger partial charge in [-0.05, 0) is 18.3 Å². The Balaban J connectivity index is 2.07. The van der Waals surface area contributed by atoms with Crippen molar-refractivity contribution in [3.8, 4) is 0 Å². The van der Waals surface area contributed by atoms with Crippen LogP contribution in [0.4, 0.5) is 0 Å². The molecule has 2 aliphatic rings. The van der Waals surface area contributed by atoms with Crippen LogP contribution in [0.5, 0.6) is 0 Å². The Bertz CT molecular complexity index is 132. The summed E-state index contributed by atoms with van der Waals surface area (Å²) in [6.45, 7) is 6.56. The first-order chi connectivity index (χ1) is 5.29. The molecule has 0 aromatic carbocycles. The number of hydrogen-bond acceptors (Lipinski definition) is 2. The molecule has 2 fully saturated rings. The molecule has 4 atom stereocenters. The second kappa shape index (κ2) is 2.76. The molecule has 11 heavy (non-hydrogen) atoms. The zero-order valence-electron chi connectivity index (χ0n) is 7.34. The molecule has 0 spiro atoms. The minimum atomic E-state index is 0.499.